The third-order valence-electron chi connectivity index (χ3n) is 13.8. The maximum absolute atomic E-state index is 14.8. The summed E-state index contributed by atoms with van der Waals surface area (Å²) in [6, 6.07) is 20.0. The van der Waals surface area contributed by atoms with Gasteiger partial charge in [0, 0.05) is 50.2 Å². The topological polar surface area (TPSA) is 187 Å². The van der Waals surface area contributed by atoms with E-state index in [-0.39, 0.29) is 49.5 Å². The fraction of sp³-hybridized carbons (Fsp3) is 0.472. The lowest BCUT2D eigenvalue weighted by Gasteiger charge is -2.36. The molecule has 3 aliphatic rings. The number of esters is 1. The van der Waals surface area contributed by atoms with E-state index in [4.69, 9.17) is 9.47 Å². The molecular formula is C53H66BN7O8. The first-order chi connectivity index (χ1) is 32.8. The largest absolute Gasteiger partial charge is 0.508 e. The third kappa shape index (κ3) is 10.7. The minimum atomic E-state index is -1.19. The summed E-state index contributed by atoms with van der Waals surface area (Å²) in [4.78, 5) is 72.6. The molecule has 3 aromatic carbocycles. The molecule has 0 spiro atoms. The Hall–Kier alpha value is -6.44. The van der Waals surface area contributed by atoms with Crippen molar-refractivity contribution in [3.05, 3.63) is 90.0 Å². The van der Waals surface area contributed by atoms with Crippen LogP contribution >= 0.6 is 0 Å². The number of nitrogens with one attached hydrogen (secondary N) is 2. The summed E-state index contributed by atoms with van der Waals surface area (Å²) in [7, 11) is 3.25. The number of hydrogen-bond donors (Lipinski definition) is 3. The Balaban J connectivity index is 1.34. The Labute approximate surface area is 405 Å². The summed E-state index contributed by atoms with van der Waals surface area (Å²) in [5.74, 6) is -3.01. The molecule has 0 unspecified atom stereocenters. The molecule has 3 N–H and O–H groups in total. The van der Waals surface area contributed by atoms with Crippen LogP contribution in [0.2, 0.25) is 0 Å². The molecule has 3 aliphatic heterocycles. The number of aromatic nitrogens is 1. The SMILES string of the molecule is C=CC(=O)N1CC[C@H](C(=O)N(C)[C@H](C(=O)NB2Cc3cc(O)cc(c3)-c3ccc4c(c3)c(c(-c3ccccc3CCOC)n4C(C)(C)C#N)CC(C)(C)COC(=O)[C@@H]3CCCN(N3)C2=O)C(C)C)C1. The van der Waals surface area contributed by atoms with Crippen LogP contribution in [0, 0.1) is 28.6 Å². The van der Waals surface area contributed by atoms with E-state index in [1.165, 1.54) is 16.0 Å². The molecule has 69 heavy (non-hydrogen) atoms. The normalized spacial score (nSPS) is 19.2. The lowest BCUT2D eigenvalue weighted by Crippen LogP contribution is -2.64. The number of hydrogen-bond acceptors (Lipinski definition) is 10. The van der Waals surface area contributed by atoms with Gasteiger partial charge in [-0.2, -0.15) is 5.26 Å². The van der Waals surface area contributed by atoms with Gasteiger partial charge in [-0.25, -0.2) is 5.43 Å². The highest BCUT2D eigenvalue weighted by Crippen LogP contribution is 2.44. The van der Waals surface area contributed by atoms with Crippen molar-refractivity contribution in [2.75, 3.05) is 47.0 Å². The molecular weight excluding hydrogens is 873 g/mol. The van der Waals surface area contributed by atoms with Crippen molar-refractivity contribution in [2.45, 2.75) is 97.6 Å². The number of carbonyl (C=O) groups is 5. The lowest BCUT2D eigenvalue weighted by atomic mass is 9.55. The van der Waals surface area contributed by atoms with E-state index >= 15 is 0 Å². The molecule has 0 saturated carbocycles. The number of carbonyl (C=O) groups excluding carboxylic acids is 5. The number of likely N-dealkylation sites (tertiary alicyclic amines) is 1. The Morgan fingerprint density at radius 3 is 2.57 bits per heavy atom. The smallest absolute Gasteiger partial charge is 0.367 e. The standard InChI is InChI=1S/C53H66BN7O8/c1-10-45(63)59-22-19-37(30-59)49(65)58(8)46(33(2)3)48(64)56-54-29-34-24-38(26-39(62)25-34)36-17-18-44-41(27-36)42(28-52(4,5)32-69-50(66)43-16-13-21-60(57-43)51(54)67)47(61(44)53(6,7)31-55)40-15-12-11-14-35(40)20-23-68-9/h10-12,14-15,17-18,24-27,33,37,43,46,57,62H,1,13,16,19-23,28-30,32H2,2-9H3,(H,56,64)/t37-,43-,46-/m0/s1. The summed E-state index contributed by atoms with van der Waals surface area (Å²) in [6.07, 6.45) is 3.62. The zero-order chi connectivity index (χ0) is 49.9. The molecule has 0 radical (unpaired) electrons. The number of ether oxygens (including phenoxy) is 2. The number of cyclic esters (lactones) is 1. The number of aromatic hydroxyl groups is 1. The lowest BCUT2D eigenvalue weighted by molar-refractivity contribution is -0.151. The van der Waals surface area contributed by atoms with Crippen LogP contribution in [0.1, 0.15) is 77.5 Å². The maximum atomic E-state index is 14.8. The fourth-order valence-electron chi connectivity index (χ4n) is 10.3. The number of fused-ring (bicyclic) bond motifs is 6. The van der Waals surface area contributed by atoms with E-state index in [0.717, 1.165) is 38.9 Å². The van der Waals surface area contributed by atoms with Gasteiger partial charge in [-0.3, -0.25) is 29.0 Å². The summed E-state index contributed by atoms with van der Waals surface area (Å²) in [5, 5.41) is 27.4. The molecule has 0 aliphatic carbocycles. The van der Waals surface area contributed by atoms with Crippen molar-refractivity contribution in [1.29, 1.82) is 5.26 Å². The van der Waals surface area contributed by atoms with E-state index in [0.29, 0.717) is 56.4 Å². The van der Waals surface area contributed by atoms with Gasteiger partial charge < -0.3 is 34.2 Å². The predicted octanol–water partition coefficient (Wildman–Crippen LogP) is 6.63. The van der Waals surface area contributed by atoms with Crippen molar-refractivity contribution in [2.24, 2.45) is 17.3 Å². The number of methoxy groups -OCH3 is 1. The highest BCUT2D eigenvalue weighted by Gasteiger charge is 2.42. The summed E-state index contributed by atoms with van der Waals surface area (Å²) in [5.41, 5.74) is 8.18. The highest BCUT2D eigenvalue weighted by atomic mass is 16.5. The molecule has 2 fully saturated rings. The maximum Gasteiger partial charge on any atom is 0.367 e. The molecule has 6 bridgehead atoms. The van der Waals surface area contributed by atoms with E-state index in [1.54, 1.807) is 31.2 Å². The number of nitrogens with zero attached hydrogens (tertiary/aromatic N) is 5. The molecule has 364 valence electrons. The summed E-state index contributed by atoms with van der Waals surface area (Å²) >= 11 is 0. The first-order valence-corrected chi connectivity index (χ1v) is 24.0. The van der Waals surface area contributed by atoms with Crippen LogP contribution in [-0.4, -0.2) is 120 Å². The van der Waals surface area contributed by atoms with Crippen LogP contribution in [0.25, 0.3) is 33.3 Å². The average molecular weight is 940 g/mol. The van der Waals surface area contributed by atoms with Crippen molar-refractivity contribution in [1.82, 2.24) is 30.0 Å². The zero-order valence-electron chi connectivity index (χ0n) is 41.3. The average Bonchev–Trinajstić information content (AvgIpc) is 3.95. The van der Waals surface area contributed by atoms with Crippen molar-refractivity contribution in [3.8, 4) is 34.2 Å². The van der Waals surface area contributed by atoms with Gasteiger partial charge in [-0.05, 0) is 116 Å². The van der Waals surface area contributed by atoms with E-state index in [1.807, 2.05) is 71.9 Å². The van der Waals surface area contributed by atoms with Gasteiger partial charge in [0.15, 0.2) is 0 Å². The first kappa shape index (κ1) is 50.4. The van der Waals surface area contributed by atoms with Crippen molar-refractivity contribution in [3.63, 3.8) is 0 Å². The van der Waals surface area contributed by atoms with Gasteiger partial charge in [0.05, 0.1) is 36.4 Å². The molecule has 1 aromatic heterocycles. The molecule has 16 heteroatoms. The zero-order valence-corrected chi connectivity index (χ0v) is 41.3. The number of amides is 4. The Bertz CT molecular complexity index is 2690. The van der Waals surface area contributed by atoms with E-state index in [2.05, 4.69) is 46.1 Å². The number of rotatable bonds is 11. The van der Waals surface area contributed by atoms with Crippen LogP contribution in [0.3, 0.4) is 0 Å². The number of nitriles is 1. The second kappa shape index (κ2) is 20.7. The quantitative estimate of drug-likeness (QED) is 0.0838. The molecule has 4 amide bonds. The first-order valence-electron chi connectivity index (χ1n) is 24.0. The number of phenolic OH excluding ortho intramolecular Hbond substituents is 1. The molecule has 7 rings (SSSR count). The molecule has 2 saturated heterocycles. The van der Waals surface area contributed by atoms with Crippen molar-refractivity contribution < 1.29 is 38.6 Å². The van der Waals surface area contributed by atoms with Crippen LogP contribution in [-0.2, 0) is 53.4 Å². The monoisotopic (exact) mass is 940 g/mol. The number of benzene rings is 3. The number of hydrazine groups is 1. The molecule has 15 nitrogen and oxygen atoms in total. The van der Waals surface area contributed by atoms with Crippen LogP contribution in [0.5, 0.6) is 5.75 Å². The second-order valence-electron chi connectivity index (χ2n) is 20.5. The van der Waals surface area contributed by atoms with Crippen LogP contribution in [0.15, 0.2) is 73.3 Å². The van der Waals surface area contributed by atoms with Gasteiger partial charge in [-0.15, -0.1) is 0 Å². The highest BCUT2D eigenvalue weighted by molar-refractivity contribution is 6.88. The van der Waals surface area contributed by atoms with Crippen LogP contribution < -0.4 is 10.7 Å². The van der Waals surface area contributed by atoms with Crippen molar-refractivity contribution >= 4 is 47.2 Å². The number of phenols is 1. The molecule has 3 atom stereocenters. The van der Waals surface area contributed by atoms with Gasteiger partial charge in [0.2, 0.25) is 23.5 Å². The third-order valence-corrected chi connectivity index (χ3v) is 13.8. The van der Waals surface area contributed by atoms with Gasteiger partial charge in [0.1, 0.15) is 23.4 Å². The summed E-state index contributed by atoms with van der Waals surface area (Å²) in [6.45, 7) is 15.3. The Kier molecular flexibility index (Phi) is 15.1. The minimum Gasteiger partial charge on any atom is -0.508 e. The predicted molar refractivity (Wildman–Crippen MR) is 266 cm³/mol. The fourth-order valence-corrected chi connectivity index (χ4v) is 10.3. The van der Waals surface area contributed by atoms with E-state index in [9.17, 15) is 34.3 Å². The van der Waals surface area contributed by atoms with Crippen LogP contribution in [0.4, 0.5) is 4.79 Å². The number of likely N-dealkylation sites (N-methyl/N-ethyl adjacent to an activating group) is 1. The summed E-state index contributed by atoms with van der Waals surface area (Å²) < 4.78 is 13.8. The molecule has 4 heterocycles. The minimum absolute atomic E-state index is 0.0418. The second-order valence-corrected chi connectivity index (χ2v) is 20.5. The van der Waals surface area contributed by atoms with Gasteiger partial charge in [0.25, 0.3) is 0 Å². The van der Waals surface area contributed by atoms with E-state index < -0.39 is 53.5 Å². The Morgan fingerprint density at radius 2 is 1.86 bits per heavy atom. The Morgan fingerprint density at radius 1 is 1.10 bits per heavy atom. The molecule has 4 aromatic rings. The van der Waals surface area contributed by atoms with Gasteiger partial charge >= 0.3 is 12.8 Å². The van der Waals surface area contributed by atoms with Gasteiger partial charge in [-0.1, -0.05) is 70.7 Å².